The van der Waals surface area contributed by atoms with Gasteiger partial charge in [0, 0.05) is 5.56 Å². The van der Waals surface area contributed by atoms with Crippen molar-refractivity contribution in [1.82, 2.24) is 0 Å². The summed E-state index contributed by atoms with van der Waals surface area (Å²) in [6, 6.07) is 18.2. The first kappa shape index (κ1) is 14.1. The predicted octanol–water partition coefficient (Wildman–Crippen LogP) is 2.19. The quantitative estimate of drug-likeness (QED) is 0.819. The molecule has 0 spiro atoms. The molecule has 1 heterocycles. The molecule has 2 aromatic rings. The van der Waals surface area contributed by atoms with E-state index in [0.717, 1.165) is 5.56 Å². The lowest BCUT2D eigenvalue weighted by molar-refractivity contribution is -0.126. The van der Waals surface area contributed by atoms with Crippen LogP contribution in [0.15, 0.2) is 65.8 Å². The van der Waals surface area contributed by atoms with Crippen molar-refractivity contribution in [3.63, 3.8) is 0 Å². The molecule has 0 bridgehead atoms. The third kappa shape index (κ3) is 2.39. The van der Waals surface area contributed by atoms with Gasteiger partial charge in [-0.15, -0.1) is 0 Å². The van der Waals surface area contributed by atoms with Crippen LogP contribution in [-0.4, -0.2) is 22.3 Å². The van der Waals surface area contributed by atoms with E-state index in [1.54, 1.807) is 31.2 Å². The lowest BCUT2D eigenvalue weighted by Gasteiger charge is -2.16. The molecular formula is C18H14N2O2. The molecule has 0 saturated carbocycles. The summed E-state index contributed by atoms with van der Waals surface area (Å²) in [6.07, 6.45) is 0. The fourth-order valence-electron chi connectivity index (χ4n) is 2.15. The highest BCUT2D eigenvalue weighted by Crippen LogP contribution is 2.26. The molecule has 2 aromatic carbocycles. The summed E-state index contributed by atoms with van der Waals surface area (Å²) in [4.78, 5) is 12.5. The van der Waals surface area contributed by atoms with Crippen LogP contribution in [0, 0.1) is 11.8 Å². The van der Waals surface area contributed by atoms with Crippen LogP contribution in [0.1, 0.15) is 12.5 Å². The molecule has 4 heteroatoms. The third-order valence-corrected chi connectivity index (χ3v) is 3.44. The second-order valence-electron chi connectivity index (χ2n) is 4.96. The Kier molecular flexibility index (Phi) is 3.50. The third-order valence-electron chi connectivity index (χ3n) is 3.44. The highest BCUT2D eigenvalue weighted by atomic mass is 16.3. The number of rotatable bonds is 1. The summed E-state index contributed by atoms with van der Waals surface area (Å²) in [6.45, 7) is 1.60. The number of anilines is 1. The molecule has 0 radical (unpaired) electrons. The Morgan fingerprint density at radius 1 is 1.05 bits per heavy atom. The first-order valence-corrected chi connectivity index (χ1v) is 6.87. The zero-order valence-electron chi connectivity index (χ0n) is 12.0. The Hall–Kier alpha value is -2.90. The van der Waals surface area contributed by atoms with Gasteiger partial charge in [0.1, 0.15) is 0 Å². The van der Waals surface area contributed by atoms with E-state index in [-0.39, 0.29) is 5.71 Å². The van der Waals surface area contributed by atoms with Crippen molar-refractivity contribution in [3.8, 4) is 11.8 Å². The monoisotopic (exact) mass is 290 g/mol. The molecule has 3 rings (SSSR count). The zero-order chi connectivity index (χ0) is 15.6. The van der Waals surface area contributed by atoms with Crippen LogP contribution in [0.25, 0.3) is 0 Å². The summed E-state index contributed by atoms with van der Waals surface area (Å²) >= 11 is 0. The molecular weight excluding hydrogens is 276 g/mol. The number of carbonyl (C=O) groups is 1. The van der Waals surface area contributed by atoms with Gasteiger partial charge in [-0.2, -0.15) is 10.1 Å². The SMILES string of the molecule is CC1=NN(c2ccccc2)C(=O)C1(O)C#Cc1ccccc1. The van der Waals surface area contributed by atoms with E-state index < -0.39 is 11.5 Å². The topological polar surface area (TPSA) is 52.9 Å². The van der Waals surface area contributed by atoms with Gasteiger partial charge in [-0.25, -0.2) is 0 Å². The predicted molar refractivity (Wildman–Crippen MR) is 85.3 cm³/mol. The van der Waals surface area contributed by atoms with E-state index in [4.69, 9.17) is 0 Å². The minimum absolute atomic E-state index is 0.268. The number of benzene rings is 2. The Morgan fingerprint density at radius 2 is 1.64 bits per heavy atom. The first-order chi connectivity index (χ1) is 10.6. The number of carbonyl (C=O) groups excluding carboxylic acids is 1. The Labute approximate surface area is 128 Å². The maximum absolute atomic E-state index is 12.5. The second-order valence-corrected chi connectivity index (χ2v) is 4.96. The smallest absolute Gasteiger partial charge is 0.298 e. The molecule has 108 valence electrons. The molecule has 1 aliphatic heterocycles. The second kappa shape index (κ2) is 5.47. The average molecular weight is 290 g/mol. The van der Waals surface area contributed by atoms with Gasteiger partial charge in [0.2, 0.25) is 5.60 Å². The number of para-hydroxylation sites is 1. The Balaban J connectivity index is 1.94. The fraction of sp³-hybridized carbons (Fsp3) is 0.111. The number of hydrazone groups is 1. The molecule has 22 heavy (non-hydrogen) atoms. The van der Waals surface area contributed by atoms with Crippen molar-refractivity contribution in [2.45, 2.75) is 12.5 Å². The number of aliphatic hydroxyl groups is 1. The minimum atomic E-state index is -1.88. The minimum Gasteiger partial charge on any atom is -0.365 e. The maximum atomic E-state index is 12.5. The van der Waals surface area contributed by atoms with Crippen LogP contribution in [0.4, 0.5) is 5.69 Å². The summed E-state index contributed by atoms with van der Waals surface area (Å²) in [5.41, 5.74) is -0.283. The molecule has 0 saturated heterocycles. The van der Waals surface area contributed by atoms with Crippen LogP contribution in [-0.2, 0) is 4.79 Å². The summed E-state index contributed by atoms with van der Waals surface area (Å²) < 4.78 is 0. The van der Waals surface area contributed by atoms with Crippen LogP contribution >= 0.6 is 0 Å². The number of hydrogen-bond acceptors (Lipinski definition) is 3. The standard InChI is InChI=1S/C18H14N2O2/c1-14-18(22,13-12-15-8-4-2-5-9-15)17(21)20(19-14)16-10-6-3-7-11-16/h2-11,22H,1H3. The van der Waals surface area contributed by atoms with E-state index in [2.05, 4.69) is 16.9 Å². The van der Waals surface area contributed by atoms with Gasteiger partial charge in [-0.3, -0.25) is 4.79 Å². The summed E-state index contributed by atoms with van der Waals surface area (Å²) in [5.74, 6) is 4.93. The van der Waals surface area contributed by atoms with Crippen LogP contribution in [0.3, 0.4) is 0 Å². The summed E-state index contributed by atoms with van der Waals surface area (Å²) in [5, 5.41) is 16.0. The largest absolute Gasteiger partial charge is 0.365 e. The molecule has 1 amide bonds. The lowest BCUT2D eigenvalue weighted by atomic mass is 9.98. The number of nitrogens with zero attached hydrogens (tertiary/aromatic N) is 2. The molecule has 1 N–H and O–H groups in total. The molecule has 0 aromatic heterocycles. The van der Waals surface area contributed by atoms with E-state index in [1.807, 2.05) is 36.4 Å². The van der Waals surface area contributed by atoms with Gasteiger partial charge in [0.05, 0.1) is 11.4 Å². The van der Waals surface area contributed by atoms with Crippen molar-refractivity contribution in [2.75, 3.05) is 5.01 Å². The van der Waals surface area contributed by atoms with Crippen molar-refractivity contribution >= 4 is 17.3 Å². The maximum Gasteiger partial charge on any atom is 0.298 e. The van der Waals surface area contributed by atoms with Gasteiger partial charge in [0.25, 0.3) is 5.91 Å². The van der Waals surface area contributed by atoms with E-state index >= 15 is 0 Å². The lowest BCUT2D eigenvalue weighted by Crippen LogP contribution is -2.44. The van der Waals surface area contributed by atoms with Crippen LogP contribution in [0.5, 0.6) is 0 Å². The first-order valence-electron chi connectivity index (χ1n) is 6.87. The van der Waals surface area contributed by atoms with Gasteiger partial charge in [-0.1, -0.05) is 42.3 Å². The highest BCUT2D eigenvalue weighted by molar-refractivity contribution is 6.23. The van der Waals surface area contributed by atoms with Crippen molar-refractivity contribution < 1.29 is 9.90 Å². The molecule has 1 aliphatic rings. The van der Waals surface area contributed by atoms with Crippen LogP contribution < -0.4 is 5.01 Å². The Bertz CT molecular complexity index is 788. The molecule has 1 unspecified atom stereocenters. The van der Waals surface area contributed by atoms with Gasteiger partial charge >= 0.3 is 0 Å². The number of hydrogen-bond donors (Lipinski definition) is 1. The molecule has 1 atom stereocenters. The van der Waals surface area contributed by atoms with Crippen molar-refractivity contribution in [2.24, 2.45) is 5.10 Å². The van der Waals surface area contributed by atoms with Gasteiger partial charge < -0.3 is 5.11 Å². The van der Waals surface area contributed by atoms with Crippen LogP contribution in [0.2, 0.25) is 0 Å². The van der Waals surface area contributed by atoms with E-state index in [0.29, 0.717) is 5.69 Å². The van der Waals surface area contributed by atoms with Gasteiger partial charge in [-0.05, 0) is 37.1 Å². The molecule has 4 nitrogen and oxygen atoms in total. The Morgan fingerprint density at radius 3 is 2.27 bits per heavy atom. The fourth-order valence-corrected chi connectivity index (χ4v) is 2.15. The number of amides is 1. The molecule has 0 aliphatic carbocycles. The van der Waals surface area contributed by atoms with Crippen molar-refractivity contribution in [3.05, 3.63) is 66.2 Å². The van der Waals surface area contributed by atoms with E-state index in [1.165, 1.54) is 5.01 Å². The van der Waals surface area contributed by atoms with Crippen molar-refractivity contribution in [1.29, 1.82) is 0 Å². The zero-order valence-corrected chi connectivity index (χ0v) is 12.0. The normalized spacial score (nSPS) is 20.4. The molecule has 0 fully saturated rings. The van der Waals surface area contributed by atoms with E-state index in [9.17, 15) is 9.90 Å². The highest BCUT2D eigenvalue weighted by Gasteiger charge is 2.47. The average Bonchev–Trinajstić information content (AvgIpc) is 2.79. The van der Waals surface area contributed by atoms with Gasteiger partial charge in [0.15, 0.2) is 0 Å². The summed E-state index contributed by atoms with van der Waals surface area (Å²) in [7, 11) is 0.